The molecule has 2 N–H and O–H groups in total. The second-order valence-electron chi connectivity index (χ2n) is 6.96. The van der Waals surface area contributed by atoms with E-state index >= 15 is 0 Å². The van der Waals surface area contributed by atoms with Crippen molar-refractivity contribution >= 4 is 17.5 Å². The Morgan fingerprint density at radius 3 is 2.40 bits per heavy atom. The number of nitrogens with one attached hydrogen (secondary N) is 1. The van der Waals surface area contributed by atoms with E-state index in [2.05, 4.69) is 5.32 Å². The van der Waals surface area contributed by atoms with Crippen LogP contribution in [0.5, 0.6) is 0 Å². The zero-order valence-corrected chi connectivity index (χ0v) is 14.9. The predicted molar refractivity (Wildman–Crippen MR) is 95.3 cm³/mol. The maximum Gasteiger partial charge on any atom is 0.307 e. The molecule has 4 unspecified atom stereocenters. The Kier molecular flexibility index (Phi) is 6.88. The number of aliphatic carboxylic acids is 1. The van der Waals surface area contributed by atoms with Gasteiger partial charge in [-0.3, -0.25) is 19.7 Å². The van der Waals surface area contributed by atoms with Crippen molar-refractivity contribution in [3.8, 4) is 0 Å². The summed E-state index contributed by atoms with van der Waals surface area (Å²) in [5.74, 6) is -2.01. The van der Waals surface area contributed by atoms with Gasteiger partial charge in [0.25, 0.3) is 0 Å². The molecule has 0 saturated heterocycles. The molecule has 0 heterocycles. The summed E-state index contributed by atoms with van der Waals surface area (Å²) >= 11 is 0. The van der Waals surface area contributed by atoms with Crippen LogP contribution in [0.15, 0.2) is 30.3 Å². The first-order valence-electron chi connectivity index (χ1n) is 8.97. The lowest BCUT2D eigenvalue weighted by Crippen LogP contribution is -2.47. The molecule has 5 nitrogen and oxygen atoms in total. The van der Waals surface area contributed by atoms with Crippen LogP contribution in [0.1, 0.15) is 45.1 Å². The number of ketones is 2. The molecule has 2 rings (SSSR count). The highest BCUT2D eigenvalue weighted by molar-refractivity contribution is 5.91. The molecule has 136 valence electrons. The standard InChI is InChI=1S/C20H27NO4/c1-13(19(23)16-9-6-10-17(16)20(24)25)21-18(14(2)22)12-11-15-7-4-3-5-8-15/h3-5,7-8,13,16-18,21H,6,9-12H2,1-2H3,(H,24,25). The summed E-state index contributed by atoms with van der Waals surface area (Å²) < 4.78 is 0. The zero-order valence-electron chi connectivity index (χ0n) is 14.9. The molecule has 1 fully saturated rings. The Labute approximate surface area is 148 Å². The fourth-order valence-corrected chi connectivity index (χ4v) is 3.66. The predicted octanol–water partition coefficient (Wildman–Crippen LogP) is 2.62. The number of carbonyl (C=O) groups is 3. The van der Waals surface area contributed by atoms with Crippen molar-refractivity contribution in [1.29, 1.82) is 0 Å². The van der Waals surface area contributed by atoms with Crippen molar-refractivity contribution in [2.45, 2.75) is 58.0 Å². The average Bonchev–Trinajstić information content (AvgIpc) is 3.08. The Bertz CT molecular complexity index is 613. The first kappa shape index (κ1) is 19.3. The molecule has 0 aliphatic heterocycles. The minimum Gasteiger partial charge on any atom is -0.481 e. The number of carboxylic acid groups (broad SMARTS) is 1. The lowest BCUT2D eigenvalue weighted by atomic mass is 9.88. The van der Waals surface area contributed by atoms with E-state index in [9.17, 15) is 19.5 Å². The third-order valence-corrected chi connectivity index (χ3v) is 5.13. The van der Waals surface area contributed by atoms with Gasteiger partial charge in [0.15, 0.2) is 5.78 Å². The molecule has 0 bridgehead atoms. The van der Waals surface area contributed by atoms with Crippen LogP contribution in [0, 0.1) is 11.8 Å². The Balaban J connectivity index is 1.95. The lowest BCUT2D eigenvalue weighted by molar-refractivity contribution is -0.146. The molecule has 25 heavy (non-hydrogen) atoms. The van der Waals surface area contributed by atoms with Gasteiger partial charge in [-0.2, -0.15) is 0 Å². The van der Waals surface area contributed by atoms with Crippen molar-refractivity contribution in [1.82, 2.24) is 5.32 Å². The van der Waals surface area contributed by atoms with Crippen molar-refractivity contribution < 1.29 is 19.5 Å². The second kappa shape index (κ2) is 8.90. The van der Waals surface area contributed by atoms with Gasteiger partial charge in [0.2, 0.25) is 0 Å². The molecule has 0 spiro atoms. The van der Waals surface area contributed by atoms with Gasteiger partial charge in [-0.1, -0.05) is 36.8 Å². The zero-order chi connectivity index (χ0) is 18.4. The quantitative estimate of drug-likeness (QED) is 0.719. The van der Waals surface area contributed by atoms with Crippen LogP contribution in [0.2, 0.25) is 0 Å². The van der Waals surface area contributed by atoms with Gasteiger partial charge < -0.3 is 5.11 Å². The first-order valence-corrected chi connectivity index (χ1v) is 8.97. The SMILES string of the molecule is CC(=O)C(CCc1ccccc1)NC(C)C(=O)C1CCCC1C(=O)O. The summed E-state index contributed by atoms with van der Waals surface area (Å²) in [6.45, 7) is 3.26. The molecule has 0 radical (unpaired) electrons. The van der Waals surface area contributed by atoms with Gasteiger partial charge >= 0.3 is 5.97 Å². The largest absolute Gasteiger partial charge is 0.481 e. The summed E-state index contributed by atoms with van der Waals surface area (Å²) in [4.78, 5) is 35.9. The molecule has 0 amide bonds. The fraction of sp³-hybridized carbons (Fsp3) is 0.550. The number of benzene rings is 1. The number of hydrogen-bond acceptors (Lipinski definition) is 4. The molecule has 1 aromatic rings. The van der Waals surface area contributed by atoms with Crippen LogP contribution in [0.3, 0.4) is 0 Å². The number of rotatable bonds is 9. The van der Waals surface area contributed by atoms with Crippen LogP contribution >= 0.6 is 0 Å². The smallest absolute Gasteiger partial charge is 0.307 e. The van der Waals surface area contributed by atoms with Crippen LogP contribution in [-0.4, -0.2) is 34.7 Å². The lowest BCUT2D eigenvalue weighted by Gasteiger charge is -2.24. The molecule has 1 aliphatic carbocycles. The maximum absolute atomic E-state index is 12.7. The van der Waals surface area contributed by atoms with Gasteiger partial charge in [-0.05, 0) is 45.1 Å². The first-order chi connectivity index (χ1) is 11.9. The van der Waals surface area contributed by atoms with Crippen molar-refractivity contribution in [2.75, 3.05) is 0 Å². The molecular weight excluding hydrogens is 318 g/mol. The minimum atomic E-state index is -0.893. The van der Waals surface area contributed by atoms with E-state index in [-0.39, 0.29) is 11.6 Å². The molecule has 1 saturated carbocycles. The van der Waals surface area contributed by atoms with Crippen LogP contribution < -0.4 is 5.32 Å². The van der Waals surface area contributed by atoms with E-state index in [1.807, 2.05) is 30.3 Å². The highest BCUT2D eigenvalue weighted by Gasteiger charge is 2.39. The van der Waals surface area contributed by atoms with E-state index in [0.717, 1.165) is 18.4 Å². The molecule has 4 atom stereocenters. The van der Waals surface area contributed by atoms with Gasteiger partial charge in [0.05, 0.1) is 18.0 Å². The summed E-state index contributed by atoms with van der Waals surface area (Å²) in [6.07, 6.45) is 3.31. The number of carboxylic acids is 1. The molecule has 1 aromatic carbocycles. The number of hydrogen-bond donors (Lipinski definition) is 2. The third kappa shape index (κ3) is 5.23. The van der Waals surface area contributed by atoms with Crippen LogP contribution in [0.25, 0.3) is 0 Å². The Morgan fingerprint density at radius 2 is 1.80 bits per heavy atom. The normalized spacial score (nSPS) is 22.3. The Hall–Kier alpha value is -2.01. The average molecular weight is 345 g/mol. The highest BCUT2D eigenvalue weighted by atomic mass is 16.4. The fourth-order valence-electron chi connectivity index (χ4n) is 3.66. The van der Waals surface area contributed by atoms with Crippen molar-refractivity contribution in [3.05, 3.63) is 35.9 Å². The van der Waals surface area contributed by atoms with E-state index in [4.69, 9.17) is 0 Å². The van der Waals surface area contributed by atoms with E-state index in [1.54, 1.807) is 6.92 Å². The van der Waals surface area contributed by atoms with Crippen LogP contribution in [0.4, 0.5) is 0 Å². The summed E-state index contributed by atoms with van der Waals surface area (Å²) in [7, 11) is 0. The van der Waals surface area contributed by atoms with Gasteiger partial charge in [-0.25, -0.2) is 0 Å². The van der Waals surface area contributed by atoms with Gasteiger partial charge in [0.1, 0.15) is 5.78 Å². The Morgan fingerprint density at radius 1 is 1.16 bits per heavy atom. The number of aryl methyl sites for hydroxylation is 1. The molecule has 0 aromatic heterocycles. The van der Waals surface area contributed by atoms with E-state index in [1.165, 1.54) is 6.92 Å². The summed E-state index contributed by atoms with van der Waals surface area (Å²) in [5, 5.41) is 12.4. The molecule has 5 heteroatoms. The van der Waals surface area contributed by atoms with Gasteiger partial charge in [0, 0.05) is 5.92 Å². The monoisotopic (exact) mass is 345 g/mol. The van der Waals surface area contributed by atoms with Crippen molar-refractivity contribution in [2.24, 2.45) is 11.8 Å². The minimum absolute atomic E-state index is 0.00297. The summed E-state index contributed by atoms with van der Waals surface area (Å²) in [6, 6.07) is 8.99. The summed E-state index contributed by atoms with van der Waals surface area (Å²) in [5.41, 5.74) is 1.15. The van der Waals surface area contributed by atoms with Crippen molar-refractivity contribution in [3.63, 3.8) is 0 Å². The highest BCUT2D eigenvalue weighted by Crippen LogP contribution is 2.33. The number of Topliss-reactive ketones (excluding diaryl/α,β-unsaturated/α-hetero) is 2. The van der Waals surface area contributed by atoms with E-state index in [0.29, 0.717) is 19.3 Å². The third-order valence-electron chi connectivity index (χ3n) is 5.13. The van der Waals surface area contributed by atoms with E-state index < -0.39 is 29.9 Å². The molecular formula is C20H27NO4. The van der Waals surface area contributed by atoms with Gasteiger partial charge in [-0.15, -0.1) is 0 Å². The number of carbonyl (C=O) groups excluding carboxylic acids is 2. The maximum atomic E-state index is 12.7. The topological polar surface area (TPSA) is 83.5 Å². The second-order valence-corrected chi connectivity index (χ2v) is 6.96. The molecule has 1 aliphatic rings. The van der Waals surface area contributed by atoms with Crippen LogP contribution in [-0.2, 0) is 20.8 Å².